The van der Waals surface area contributed by atoms with E-state index in [4.69, 9.17) is 4.74 Å². The molecule has 0 amide bonds. The second kappa shape index (κ2) is 6.27. The molecule has 2 aromatic carbocycles. The number of aromatic amines is 1. The molecule has 0 fully saturated rings. The van der Waals surface area contributed by atoms with Gasteiger partial charge in [-0.25, -0.2) is 0 Å². The fraction of sp³-hybridized carbons (Fsp3) is 0.211. The number of carbonyl (C=O) groups is 1. The Morgan fingerprint density at radius 3 is 2.81 bits per heavy atom. The van der Waals surface area contributed by atoms with E-state index < -0.39 is 11.0 Å². The molecule has 1 aromatic heterocycles. The molecule has 0 bridgehead atoms. The van der Waals surface area contributed by atoms with E-state index in [1.807, 2.05) is 30.3 Å². The van der Waals surface area contributed by atoms with Crippen LogP contribution in [-0.4, -0.2) is 29.0 Å². The van der Waals surface area contributed by atoms with Gasteiger partial charge in [-0.3, -0.25) is 20.2 Å². The Labute approximate surface area is 149 Å². The Balaban J connectivity index is 1.87. The summed E-state index contributed by atoms with van der Waals surface area (Å²) in [6, 6.07) is 13.5. The Bertz CT molecular complexity index is 1010. The number of fused-ring (bicyclic) bond motifs is 3. The number of nitro groups is 1. The average Bonchev–Trinajstić information content (AvgIpc) is 3.05. The third-order valence-corrected chi connectivity index (χ3v) is 4.81. The maximum Gasteiger partial charge on any atom is 0.323 e. The topological polar surface area (TPSA) is 97.3 Å². The lowest BCUT2D eigenvalue weighted by Gasteiger charge is -2.30. The quantitative estimate of drug-likeness (QED) is 0.430. The van der Waals surface area contributed by atoms with Crippen LogP contribution in [-0.2, 0) is 16.0 Å². The molecule has 0 saturated heterocycles. The third-order valence-electron chi connectivity index (χ3n) is 4.81. The van der Waals surface area contributed by atoms with Gasteiger partial charge in [0.05, 0.1) is 18.1 Å². The van der Waals surface area contributed by atoms with Crippen molar-refractivity contribution < 1.29 is 14.5 Å². The van der Waals surface area contributed by atoms with Gasteiger partial charge in [0.25, 0.3) is 5.69 Å². The van der Waals surface area contributed by atoms with Crippen LogP contribution in [0.4, 0.5) is 5.69 Å². The van der Waals surface area contributed by atoms with E-state index in [1.54, 1.807) is 6.07 Å². The third kappa shape index (κ3) is 2.62. The van der Waals surface area contributed by atoms with Crippen LogP contribution in [0.25, 0.3) is 10.9 Å². The van der Waals surface area contributed by atoms with Gasteiger partial charge < -0.3 is 9.72 Å². The van der Waals surface area contributed by atoms with Crippen molar-refractivity contribution in [3.05, 3.63) is 75.5 Å². The van der Waals surface area contributed by atoms with Gasteiger partial charge in [-0.05, 0) is 17.2 Å². The van der Waals surface area contributed by atoms with E-state index in [1.165, 1.54) is 19.2 Å². The number of para-hydroxylation sites is 1. The minimum atomic E-state index is -0.518. The minimum absolute atomic E-state index is 0.0159. The summed E-state index contributed by atoms with van der Waals surface area (Å²) in [6.45, 7) is 0. The highest BCUT2D eigenvalue weighted by molar-refractivity contribution is 5.87. The maximum atomic E-state index is 12.2. The number of nitro benzene ring substituents is 1. The zero-order chi connectivity index (χ0) is 18.3. The van der Waals surface area contributed by atoms with Crippen molar-refractivity contribution in [3.63, 3.8) is 0 Å². The zero-order valence-corrected chi connectivity index (χ0v) is 14.1. The Hall–Kier alpha value is -3.19. The van der Waals surface area contributed by atoms with Crippen LogP contribution in [0, 0.1) is 10.1 Å². The van der Waals surface area contributed by atoms with E-state index in [2.05, 4.69) is 10.3 Å². The molecule has 0 radical (unpaired) electrons. The molecule has 7 nitrogen and oxygen atoms in total. The van der Waals surface area contributed by atoms with Gasteiger partial charge in [0, 0.05) is 35.2 Å². The zero-order valence-electron chi connectivity index (χ0n) is 14.1. The number of non-ortho nitro benzene ring substituents is 1. The predicted molar refractivity (Wildman–Crippen MR) is 95.9 cm³/mol. The summed E-state index contributed by atoms with van der Waals surface area (Å²) in [4.78, 5) is 26.3. The van der Waals surface area contributed by atoms with Crippen molar-refractivity contribution in [2.45, 2.75) is 18.5 Å². The number of hydrogen-bond donors (Lipinski definition) is 2. The van der Waals surface area contributed by atoms with Gasteiger partial charge in [0.1, 0.15) is 6.04 Å². The van der Waals surface area contributed by atoms with Crippen LogP contribution in [0.15, 0.2) is 48.5 Å². The number of rotatable bonds is 3. The second-order valence-corrected chi connectivity index (χ2v) is 6.29. The monoisotopic (exact) mass is 351 g/mol. The number of H-pyrrole nitrogens is 1. The molecule has 0 spiro atoms. The molecule has 2 unspecified atom stereocenters. The molecule has 2 atom stereocenters. The number of esters is 1. The van der Waals surface area contributed by atoms with Crippen LogP contribution >= 0.6 is 0 Å². The summed E-state index contributed by atoms with van der Waals surface area (Å²) < 4.78 is 4.92. The van der Waals surface area contributed by atoms with Crippen LogP contribution in [0.5, 0.6) is 0 Å². The summed E-state index contributed by atoms with van der Waals surface area (Å²) in [5.41, 5.74) is 3.67. The van der Waals surface area contributed by atoms with Crippen molar-refractivity contribution in [2.24, 2.45) is 0 Å². The first-order valence-corrected chi connectivity index (χ1v) is 8.26. The van der Waals surface area contributed by atoms with Gasteiger partial charge in [-0.2, -0.15) is 0 Å². The number of ether oxygens (including phenoxy) is 1. The first-order valence-electron chi connectivity index (χ1n) is 8.26. The molecule has 3 aromatic rings. The molecule has 0 aliphatic carbocycles. The van der Waals surface area contributed by atoms with E-state index in [9.17, 15) is 14.9 Å². The average molecular weight is 351 g/mol. The highest BCUT2D eigenvalue weighted by atomic mass is 16.6. The number of carbonyl (C=O) groups excluding carboxylic acids is 1. The SMILES string of the molecule is COC(=O)C1Cc2c([nH]c3ccccc23)C(c2cccc([N+](=O)[O-])c2)N1. The summed E-state index contributed by atoms with van der Waals surface area (Å²) in [6.07, 6.45) is 0.497. The number of hydrogen-bond acceptors (Lipinski definition) is 5. The molecule has 1 aliphatic heterocycles. The van der Waals surface area contributed by atoms with Gasteiger partial charge in [-0.15, -0.1) is 0 Å². The van der Waals surface area contributed by atoms with Gasteiger partial charge in [0.15, 0.2) is 0 Å². The number of nitrogens with one attached hydrogen (secondary N) is 2. The van der Waals surface area contributed by atoms with Crippen LogP contribution in [0.1, 0.15) is 22.9 Å². The normalized spacial score (nSPS) is 19.1. The van der Waals surface area contributed by atoms with E-state index in [0.29, 0.717) is 6.42 Å². The smallest absolute Gasteiger partial charge is 0.323 e. The number of benzene rings is 2. The molecular formula is C19H17N3O4. The lowest BCUT2D eigenvalue weighted by atomic mass is 9.90. The highest BCUT2D eigenvalue weighted by Gasteiger charge is 2.34. The van der Waals surface area contributed by atoms with Crippen molar-refractivity contribution in [1.29, 1.82) is 0 Å². The van der Waals surface area contributed by atoms with Gasteiger partial charge >= 0.3 is 5.97 Å². The summed E-state index contributed by atoms with van der Waals surface area (Å²) in [5.74, 6) is -0.351. The van der Waals surface area contributed by atoms with Crippen LogP contribution in [0.2, 0.25) is 0 Å². The molecule has 7 heteroatoms. The van der Waals surface area contributed by atoms with Gasteiger partial charge in [-0.1, -0.05) is 30.3 Å². The van der Waals surface area contributed by atoms with Crippen molar-refractivity contribution in [2.75, 3.05) is 7.11 Å². The summed E-state index contributed by atoms with van der Waals surface area (Å²) >= 11 is 0. The molecule has 2 N–H and O–H groups in total. The first kappa shape index (κ1) is 16.3. The van der Waals surface area contributed by atoms with Crippen molar-refractivity contribution >= 4 is 22.6 Å². The first-order chi connectivity index (χ1) is 12.6. The predicted octanol–water partition coefficient (Wildman–Crippen LogP) is 2.85. The van der Waals surface area contributed by atoms with Crippen LogP contribution < -0.4 is 5.32 Å². The van der Waals surface area contributed by atoms with Crippen molar-refractivity contribution in [1.82, 2.24) is 10.3 Å². The molecular weight excluding hydrogens is 334 g/mol. The van der Waals surface area contributed by atoms with E-state index in [0.717, 1.165) is 27.7 Å². The molecule has 1 aliphatic rings. The Kier molecular flexibility index (Phi) is 3.93. The number of methoxy groups -OCH3 is 1. The second-order valence-electron chi connectivity index (χ2n) is 6.29. The lowest BCUT2D eigenvalue weighted by Crippen LogP contribution is -2.45. The molecule has 26 heavy (non-hydrogen) atoms. The molecule has 0 saturated carbocycles. The van der Waals surface area contributed by atoms with E-state index in [-0.39, 0.29) is 17.7 Å². The largest absolute Gasteiger partial charge is 0.468 e. The summed E-state index contributed by atoms with van der Waals surface area (Å²) in [5, 5.41) is 15.5. The molecule has 2 heterocycles. The van der Waals surface area contributed by atoms with E-state index >= 15 is 0 Å². The van der Waals surface area contributed by atoms with Gasteiger partial charge in [0.2, 0.25) is 0 Å². The van der Waals surface area contributed by atoms with Crippen molar-refractivity contribution in [3.8, 4) is 0 Å². The number of nitrogens with zero attached hydrogens (tertiary/aromatic N) is 1. The molecule has 4 rings (SSSR count). The highest BCUT2D eigenvalue weighted by Crippen LogP contribution is 2.36. The number of aromatic nitrogens is 1. The lowest BCUT2D eigenvalue weighted by molar-refractivity contribution is -0.384. The standard InChI is InChI=1S/C19H17N3O4/c1-26-19(23)16-10-14-13-7-2-3-8-15(13)20-18(14)17(21-16)11-5-4-6-12(9-11)22(24)25/h2-9,16-17,20-21H,10H2,1H3. The Morgan fingerprint density at radius 2 is 2.04 bits per heavy atom. The fourth-order valence-corrected chi connectivity index (χ4v) is 3.61. The minimum Gasteiger partial charge on any atom is -0.468 e. The van der Waals surface area contributed by atoms with Crippen LogP contribution in [0.3, 0.4) is 0 Å². The fourth-order valence-electron chi connectivity index (χ4n) is 3.61. The summed E-state index contributed by atoms with van der Waals surface area (Å²) in [7, 11) is 1.36. The maximum absolute atomic E-state index is 12.2. The molecule has 132 valence electrons. The Morgan fingerprint density at radius 1 is 1.23 bits per heavy atom.